The van der Waals surface area contributed by atoms with Gasteiger partial charge in [-0.15, -0.1) is 22.7 Å². The summed E-state index contributed by atoms with van der Waals surface area (Å²) in [7, 11) is 0. The quantitative estimate of drug-likeness (QED) is 0.300. The lowest BCUT2D eigenvalue weighted by atomic mass is 10.1. The monoisotopic (exact) mass is 418 g/mol. The molecule has 2 aromatic heterocycles. The van der Waals surface area contributed by atoms with Gasteiger partial charge in [0.2, 0.25) is 0 Å². The lowest BCUT2D eigenvalue weighted by Crippen LogP contribution is -1.76. The fraction of sp³-hybridized carbons (Fsp3) is 0. The molecule has 0 amide bonds. The summed E-state index contributed by atoms with van der Waals surface area (Å²) in [5.41, 5.74) is 4.25. The Bertz CT molecular complexity index is 1140. The van der Waals surface area contributed by atoms with Crippen LogP contribution in [0.2, 0.25) is 0 Å². The summed E-state index contributed by atoms with van der Waals surface area (Å²) >= 11 is 3.46. The van der Waals surface area contributed by atoms with Gasteiger partial charge in [0.25, 0.3) is 0 Å². The van der Waals surface area contributed by atoms with Gasteiger partial charge in [0.1, 0.15) is 0 Å². The molecule has 0 saturated carbocycles. The third kappa shape index (κ3) is 5.97. The van der Waals surface area contributed by atoms with Gasteiger partial charge in [0.05, 0.1) is 0 Å². The molecular formula is C28H18S2. The smallest absolute Gasteiger partial charge is 0.0270 e. The number of hydrogen-bond donors (Lipinski definition) is 0. The third-order valence-electron chi connectivity index (χ3n) is 4.26. The van der Waals surface area contributed by atoms with Crippen LogP contribution in [0.25, 0.3) is 24.3 Å². The minimum Gasteiger partial charge on any atom is -0.144 e. The van der Waals surface area contributed by atoms with Crippen molar-refractivity contribution in [2.75, 3.05) is 0 Å². The zero-order valence-corrected chi connectivity index (χ0v) is 17.8. The van der Waals surface area contributed by atoms with Gasteiger partial charge in [-0.3, -0.25) is 0 Å². The van der Waals surface area contributed by atoms with Gasteiger partial charge in [0, 0.05) is 20.9 Å². The Balaban J connectivity index is 1.34. The Morgan fingerprint density at radius 3 is 1.30 bits per heavy atom. The van der Waals surface area contributed by atoms with E-state index in [9.17, 15) is 0 Å². The van der Waals surface area contributed by atoms with E-state index in [1.807, 2.05) is 24.3 Å². The largest absolute Gasteiger partial charge is 0.144 e. The van der Waals surface area contributed by atoms with Crippen molar-refractivity contribution < 1.29 is 0 Å². The van der Waals surface area contributed by atoms with E-state index < -0.39 is 0 Å². The van der Waals surface area contributed by atoms with Crippen molar-refractivity contribution in [3.8, 4) is 23.7 Å². The maximum atomic E-state index is 3.10. The van der Waals surface area contributed by atoms with Gasteiger partial charge in [-0.05, 0) is 82.3 Å². The third-order valence-corrected chi connectivity index (χ3v) is 5.94. The van der Waals surface area contributed by atoms with Crippen LogP contribution < -0.4 is 0 Å². The maximum absolute atomic E-state index is 3.10. The molecule has 0 saturated heterocycles. The van der Waals surface area contributed by atoms with Crippen LogP contribution in [0.5, 0.6) is 0 Å². The van der Waals surface area contributed by atoms with Crippen LogP contribution in [0.1, 0.15) is 32.0 Å². The predicted octanol–water partition coefficient (Wildman–Crippen LogP) is 7.55. The molecule has 0 radical (unpaired) electrons. The van der Waals surface area contributed by atoms with Crippen LogP contribution in [0.15, 0.2) is 83.6 Å². The van der Waals surface area contributed by atoms with E-state index in [0.29, 0.717) is 0 Å². The summed E-state index contributed by atoms with van der Waals surface area (Å²) in [5.74, 6) is 12.1. The van der Waals surface area contributed by atoms with Crippen molar-refractivity contribution in [2.45, 2.75) is 0 Å². The predicted molar refractivity (Wildman–Crippen MR) is 133 cm³/mol. The molecular weight excluding hydrogens is 400 g/mol. The van der Waals surface area contributed by atoms with E-state index in [2.05, 4.69) is 107 Å². The topological polar surface area (TPSA) is 0 Å². The van der Waals surface area contributed by atoms with E-state index in [1.165, 1.54) is 9.75 Å². The summed E-state index contributed by atoms with van der Waals surface area (Å²) in [5, 5.41) is 4.16. The molecule has 30 heavy (non-hydrogen) atoms. The van der Waals surface area contributed by atoms with Crippen LogP contribution in [0.3, 0.4) is 0 Å². The zero-order valence-electron chi connectivity index (χ0n) is 16.2. The number of hydrogen-bond acceptors (Lipinski definition) is 2. The molecule has 0 bridgehead atoms. The molecule has 142 valence electrons. The van der Waals surface area contributed by atoms with E-state index in [0.717, 1.165) is 22.3 Å². The molecule has 0 N–H and O–H groups in total. The number of rotatable bonds is 4. The molecule has 0 unspecified atom stereocenters. The fourth-order valence-corrected chi connectivity index (χ4v) is 3.93. The number of benzene rings is 2. The molecule has 0 aliphatic rings. The Hall–Kier alpha value is -3.56. The average molecular weight is 419 g/mol. The minimum absolute atomic E-state index is 0.964. The van der Waals surface area contributed by atoms with E-state index >= 15 is 0 Å². The first-order valence-corrected chi connectivity index (χ1v) is 11.3. The normalized spacial score (nSPS) is 10.5. The van der Waals surface area contributed by atoms with Crippen LogP contribution in [0, 0.1) is 23.7 Å². The van der Waals surface area contributed by atoms with E-state index in [1.54, 1.807) is 22.7 Å². The van der Waals surface area contributed by atoms with Crippen molar-refractivity contribution in [3.05, 3.63) is 116 Å². The average Bonchev–Trinajstić information content (AvgIpc) is 3.50. The molecule has 0 atom stereocenters. The first kappa shape index (κ1) is 19.7. The minimum atomic E-state index is 0.964. The molecule has 2 heteroatoms. The molecule has 0 aliphatic heterocycles. The lowest BCUT2D eigenvalue weighted by Gasteiger charge is -1.94. The SMILES string of the molecule is C(C#Cc1ccc(/C=C/c2cccs2)cc1)#Cc1ccc(/C=C/c2cccs2)cc1. The van der Waals surface area contributed by atoms with Gasteiger partial charge in [0.15, 0.2) is 0 Å². The maximum Gasteiger partial charge on any atom is 0.0270 e. The summed E-state index contributed by atoms with van der Waals surface area (Å²) in [6, 6.07) is 24.7. The van der Waals surface area contributed by atoms with Gasteiger partial charge in [-0.1, -0.05) is 60.4 Å². The van der Waals surface area contributed by atoms with Crippen LogP contribution >= 0.6 is 22.7 Å². The first-order chi connectivity index (χ1) is 14.8. The van der Waals surface area contributed by atoms with Crippen LogP contribution in [0.4, 0.5) is 0 Å². The molecule has 4 aromatic rings. The Morgan fingerprint density at radius 1 is 0.500 bits per heavy atom. The van der Waals surface area contributed by atoms with Crippen molar-refractivity contribution in [1.29, 1.82) is 0 Å². The highest BCUT2D eigenvalue weighted by molar-refractivity contribution is 7.11. The highest BCUT2D eigenvalue weighted by atomic mass is 32.1. The van der Waals surface area contributed by atoms with Crippen molar-refractivity contribution >= 4 is 47.0 Å². The summed E-state index contributed by atoms with van der Waals surface area (Å²) in [6.45, 7) is 0. The molecule has 4 rings (SSSR count). The second-order valence-corrected chi connectivity index (χ2v) is 8.40. The summed E-state index contributed by atoms with van der Waals surface area (Å²) < 4.78 is 0. The number of thiophene rings is 2. The van der Waals surface area contributed by atoms with Crippen LogP contribution in [-0.2, 0) is 0 Å². The Morgan fingerprint density at radius 2 is 0.933 bits per heavy atom. The zero-order chi connectivity index (χ0) is 20.4. The molecule has 2 heterocycles. The van der Waals surface area contributed by atoms with E-state index in [-0.39, 0.29) is 0 Å². The second kappa shape index (κ2) is 10.3. The second-order valence-electron chi connectivity index (χ2n) is 6.44. The summed E-state index contributed by atoms with van der Waals surface area (Å²) in [4.78, 5) is 2.50. The van der Waals surface area contributed by atoms with E-state index in [4.69, 9.17) is 0 Å². The lowest BCUT2D eigenvalue weighted by molar-refractivity contribution is 1.61. The first-order valence-electron chi connectivity index (χ1n) is 9.50. The van der Waals surface area contributed by atoms with Gasteiger partial charge in [-0.25, -0.2) is 0 Å². The highest BCUT2D eigenvalue weighted by Gasteiger charge is 1.91. The molecule has 0 nitrogen and oxygen atoms in total. The highest BCUT2D eigenvalue weighted by Crippen LogP contribution is 2.15. The molecule has 0 aliphatic carbocycles. The van der Waals surface area contributed by atoms with Gasteiger partial charge >= 0.3 is 0 Å². The molecule has 0 spiro atoms. The van der Waals surface area contributed by atoms with Crippen molar-refractivity contribution in [2.24, 2.45) is 0 Å². The molecule has 0 fully saturated rings. The fourth-order valence-electron chi connectivity index (χ4n) is 2.69. The standard InChI is InChI=1S/C28H18S2/c1(5-23-9-13-25(14-10-23)17-19-27-7-3-21-29-27)2-6-24-11-15-26(16-12-24)18-20-28-8-4-22-30-28/h3-4,7-22H/b19-17+,20-18+. The Labute approximate surface area is 185 Å². The molecule has 2 aromatic carbocycles. The van der Waals surface area contributed by atoms with Crippen LogP contribution in [-0.4, -0.2) is 0 Å². The van der Waals surface area contributed by atoms with Crippen molar-refractivity contribution in [3.63, 3.8) is 0 Å². The van der Waals surface area contributed by atoms with Gasteiger partial charge < -0.3 is 0 Å². The van der Waals surface area contributed by atoms with Crippen molar-refractivity contribution in [1.82, 2.24) is 0 Å². The van der Waals surface area contributed by atoms with Gasteiger partial charge in [-0.2, -0.15) is 0 Å². The summed E-state index contributed by atoms with van der Waals surface area (Å²) in [6.07, 6.45) is 8.48. The Kier molecular flexibility index (Phi) is 6.77.